The molecule has 4 aliphatic carbocycles. The van der Waals surface area contributed by atoms with Gasteiger partial charge < -0.3 is 14.5 Å². The predicted molar refractivity (Wildman–Crippen MR) is 123 cm³/mol. The van der Waals surface area contributed by atoms with Crippen LogP contribution in [0.3, 0.4) is 0 Å². The van der Waals surface area contributed by atoms with Crippen LogP contribution in [0.2, 0.25) is 0 Å². The van der Waals surface area contributed by atoms with Crippen molar-refractivity contribution < 1.29 is 9.50 Å². The Hall–Kier alpha value is -3.57. The molecule has 1 N–H and O–H groups in total. The van der Waals surface area contributed by atoms with Crippen LogP contribution in [0.1, 0.15) is 38.5 Å². The van der Waals surface area contributed by atoms with Crippen molar-refractivity contribution >= 4 is 11.5 Å². The second-order valence-electron chi connectivity index (χ2n) is 10.4. The quantitative estimate of drug-likeness (QED) is 0.443. The summed E-state index contributed by atoms with van der Waals surface area (Å²) in [5, 5.41) is 16.2. The van der Waals surface area contributed by atoms with Gasteiger partial charge in [0, 0.05) is 17.2 Å². The molecule has 4 aliphatic rings. The second kappa shape index (κ2) is 6.73. The van der Waals surface area contributed by atoms with Crippen molar-refractivity contribution in [2.45, 2.75) is 49.7 Å². The van der Waals surface area contributed by atoms with E-state index in [0.717, 1.165) is 42.6 Å². The minimum absolute atomic E-state index is 0.229. The van der Waals surface area contributed by atoms with Crippen LogP contribution < -0.4 is 0 Å². The number of benzene rings is 1. The average Bonchev–Trinajstić information content (AvgIpc) is 3.42. The summed E-state index contributed by atoms with van der Waals surface area (Å²) in [6.45, 7) is 7.47. The molecule has 0 aliphatic heterocycles. The zero-order valence-corrected chi connectivity index (χ0v) is 18.5. The van der Waals surface area contributed by atoms with Crippen LogP contribution in [0.5, 0.6) is 0 Å². The second-order valence-corrected chi connectivity index (χ2v) is 10.4. The number of nitrogens with zero attached hydrogens (tertiary/aromatic N) is 6. The van der Waals surface area contributed by atoms with Crippen molar-refractivity contribution in [1.82, 2.24) is 24.1 Å². The van der Waals surface area contributed by atoms with Crippen LogP contribution in [-0.4, -0.2) is 34.9 Å². The highest BCUT2D eigenvalue weighted by Crippen LogP contribution is 2.61. The normalized spacial score (nSPS) is 29.6. The molecule has 3 aromatic heterocycles. The fraction of sp³-hybridized carbons (Fsp3) is 0.385. The summed E-state index contributed by atoms with van der Waals surface area (Å²) in [7, 11) is 0. The van der Waals surface area contributed by atoms with Crippen LogP contribution in [0.25, 0.3) is 33.1 Å². The summed E-state index contributed by atoms with van der Waals surface area (Å²) >= 11 is 0. The van der Waals surface area contributed by atoms with Crippen molar-refractivity contribution in [3.63, 3.8) is 0 Å². The first-order valence-corrected chi connectivity index (χ1v) is 11.7. The van der Waals surface area contributed by atoms with Crippen LogP contribution in [0.15, 0.2) is 48.9 Å². The van der Waals surface area contributed by atoms with Crippen molar-refractivity contribution in [2.75, 3.05) is 0 Å². The summed E-state index contributed by atoms with van der Waals surface area (Å²) < 4.78 is 17.5. The Kier molecular flexibility index (Phi) is 3.93. The number of aliphatic hydroxyl groups is 1. The Morgan fingerprint density at radius 2 is 1.79 bits per heavy atom. The Labute approximate surface area is 195 Å². The molecule has 0 saturated heterocycles. The molecule has 1 aromatic carbocycles. The Balaban J connectivity index is 1.46. The molecule has 4 saturated carbocycles. The first kappa shape index (κ1) is 19.9. The van der Waals surface area contributed by atoms with E-state index in [4.69, 9.17) is 16.7 Å². The summed E-state index contributed by atoms with van der Waals surface area (Å²) in [4.78, 5) is 12.6. The van der Waals surface area contributed by atoms with E-state index in [9.17, 15) is 9.50 Å². The van der Waals surface area contributed by atoms with Crippen LogP contribution >= 0.6 is 0 Å². The average molecular weight is 455 g/mol. The van der Waals surface area contributed by atoms with Crippen LogP contribution in [-0.2, 0) is 5.54 Å². The lowest BCUT2D eigenvalue weighted by Crippen LogP contribution is -2.59. The van der Waals surface area contributed by atoms with Gasteiger partial charge in [-0.2, -0.15) is 0 Å². The van der Waals surface area contributed by atoms with Gasteiger partial charge in [0.25, 0.3) is 5.82 Å². The molecular formula is C26H23FN6O. The molecule has 8 rings (SSSR count). The van der Waals surface area contributed by atoms with Crippen molar-refractivity contribution in [2.24, 2.45) is 11.8 Å². The van der Waals surface area contributed by atoms with Gasteiger partial charge in [0.2, 0.25) is 5.65 Å². The molecule has 3 heterocycles. The summed E-state index contributed by atoms with van der Waals surface area (Å²) in [6.07, 6.45) is 9.08. The van der Waals surface area contributed by atoms with Gasteiger partial charge in [0.05, 0.1) is 29.5 Å². The summed E-state index contributed by atoms with van der Waals surface area (Å²) in [5.41, 5.74) is 2.79. The van der Waals surface area contributed by atoms with E-state index in [2.05, 4.69) is 14.4 Å². The lowest BCUT2D eigenvalue weighted by Gasteiger charge is -2.60. The molecular weight excluding hydrogens is 431 g/mol. The minimum atomic E-state index is -0.624. The molecule has 0 radical (unpaired) electrons. The number of aromatic nitrogens is 5. The highest BCUT2D eigenvalue weighted by Gasteiger charge is 2.58. The van der Waals surface area contributed by atoms with Crippen LogP contribution in [0, 0.1) is 24.2 Å². The molecule has 7 nitrogen and oxygen atoms in total. The van der Waals surface area contributed by atoms with Gasteiger partial charge in [-0.15, -0.1) is 4.52 Å². The third kappa shape index (κ3) is 2.80. The minimum Gasteiger partial charge on any atom is -0.390 e. The Morgan fingerprint density at radius 3 is 2.50 bits per heavy atom. The number of hydrogen-bond donors (Lipinski definition) is 1. The Bertz CT molecular complexity index is 1470. The lowest BCUT2D eigenvalue weighted by atomic mass is 9.51. The first-order valence-electron chi connectivity index (χ1n) is 11.7. The molecule has 34 heavy (non-hydrogen) atoms. The number of halogens is 1. The predicted octanol–water partition coefficient (Wildman–Crippen LogP) is 4.99. The maximum Gasteiger partial charge on any atom is 0.275 e. The topological polar surface area (TPSA) is 72.6 Å². The third-order valence-corrected chi connectivity index (χ3v) is 8.10. The molecule has 0 spiro atoms. The zero-order valence-electron chi connectivity index (χ0n) is 18.5. The molecule has 4 aromatic rings. The van der Waals surface area contributed by atoms with Gasteiger partial charge in [-0.25, -0.2) is 14.4 Å². The van der Waals surface area contributed by atoms with Gasteiger partial charge in [-0.05, 0) is 80.7 Å². The number of hydrogen-bond acceptors (Lipinski definition) is 4. The van der Waals surface area contributed by atoms with Crippen molar-refractivity contribution in [3.8, 4) is 22.6 Å². The van der Waals surface area contributed by atoms with E-state index in [1.165, 1.54) is 24.8 Å². The maximum absolute atomic E-state index is 13.7. The van der Waals surface area contributed by atoms with Gasteiger partial charge in [0.1, 0.15) is 11.5 Å². The lowest BCUT2D eigenvalue weighted by molar-refractivity contribution is -0.156. The van der Waals surface area contributed by atoms with E-state index >= 15 is 0 Å². The number of rotatable bonds is 3. The number of fused-ring (bicyclic) bond motifs is 1. The standard InChI is InChI=1S/C26H23FN6O/c1-28-22-13-29-21-7-6-20(31-33(21)22)24-23(18-2-4-19(27)5-3-18)30-15-32(24)25-9-16-8-17(10-25)12-26(34,11-16)14-25/h2-7,13,15-17,34H,8-12,14H2/t16-,17?,25?,26?/m1/s1. The molecule has 170 valence electrons. The van der Waals surface area contributed by atoms with E-state index in [1.54, 1.807) is 16.6 Å². The van der Waals surface area contributed by atoms with Crippen LogP contribution in [0.4, 0.5) is 10.2 Å². The molecule has 8 heteroatoms. The molecule has 4 atom stereocenters. The van der Waals surface area contributed by atoms with E-state index < -0.39 is 5.60 Å². The van der Waals surface area contributed by atoms with E-state index in [1.807, 2.05) is 18.5 Å². The maximum atomic E-state index is 13.7. The van der Waals surface area contributed by atoms with Crippen molar-refractivity contribution in [3.05, 3.63) is 66.2 Å². The number of imidazole rings is 2. The largest absolute Gasteiger partial charge is 0.390 e. The fourth-order valence-corrected chi connectivity index (χ4v) is 7.28. The SMILES string of the molecule is [C-]#[N+]c1cnc2ccc(-c3c(-c4ccc(F)cc4)ncn3C34CC5C[C@@H](CC(O)(C5)C3)C4)nn12. The zero-order chi connectivity index (χ0) is 23.1. The fourth-order valence-electron chi connectivity index (χ4n) is 7.28. The van der Waals surface area contributed by atoms with Gasteiger partial charge >= 0.3 is 0 Å². The van der Waals surface area contributed by atoms with E-state index in [0.29, 0.717) is 35.4 Å². The summed E-state index contributed by atoms with van der Waals surface area (Å²) in [6, 6.07) is 10.1. The molecule has 0 amide bonds. The van der Waals surface area contributed by atoms with Crippen molar-refractivity contribution in [1.29, 1.82) is 0 Å². The molecule has 4 bridgehead atoms. The third-order valence-electron chi connectivity index (χ3n) is 8.10. The van der Waals surface area contributed by atoms with Gasteiger partial charge in [-0.1, -0.05) is 11.7 Å². The highest BCUT2D eigenvalue weighted by molar-refractivity contribution is 5.77. The monoisotopic (exact) mass is 454 g/mol. The Morgan fingerprint density at radius 1 is 1.03 bits per heavy atom. The first-order chi connectivity index (χ1) is 16.5. The van der Waals surface area contributed by atoms with E-state index in [-0.39, 0.29) is 11.4 Å². The molecule has 3 unspecified atom stereocenters. The summed E-state index contributed by atoms with van der Waals surface area (Å²) in [5.74, 6) is 1.06. The smallest absolute Gasteiger partial charge is 0.275 e. The molecule has 4 fully saturated rings. The van der Waals surface area contributed by atoms with Gasteiger partial charge in [0.15, 0.2) is 0 Å². The highest BCUT2D eigenvalue weighted by atomic mass is 19.1. The van der Waals surface area contributed by atoms with Gasteiger partial charge in [-0.3, -0.25) is 0 Å².